The molecule has 31 heavy (non-hydrogen) atoms. The van der Waals surface area contributed by atoms with Crippen LogP contribution in [0.15, 0.2) is 36.4 Å². The molecule has 0 radical (unpaired) electrons. The molecule has 0 aliphatic carbocycles. The van der Waals surface area contributed by atoms with E-state index in [1.807, 2.05) is 25.1 Å². The summed E-state index contributed by atoms with van der Waals surface area (Å²) in [5.41, 5.74) is 1.66. The average molecular weight is 467 g/mol. The van der Waals surface area contributed by atoms with Crippen LogP contribution >= 0.6 is 23.2 Å². The van der Waals surface area contributed by atoms with Gasteiger partial charge in [-0.25, -0.2) is 0 Å². The van der Waals surface area contributed by atoms with E-state index in [4.69, 9.17) is 32.7 Å². The molecule has 0 aliphatic heterocycles. The maximum absolute atomic E-state index is 13.2. The zero-order valence-corrected chi connectivity index (χ0v) is 19.7. The van der Waals surface area contributed by atoms with Crippen LogP contribution in [0.1, 0.15) is 30.9 Å². The van der Waals surface area contributed by atoms with Crippen molar-refractivity contribution in [2.24, 2.45) is 0 Å². The molecular formula is C23H28Cl2N2O4. The molecule has 2 aromatic rings. The lowest BCUT2D eigenvalue weighted by molar-refractivity contribution is -0.141. The van der Waals surface area contributed by atoms with Crippen molar-refractivity contribution in [2.75, 3.05) is 21.3 Å². The molecule has 0 aromatic heterocycles. The van der Waals surface area contributed by atoms with Crippen molar-refractivity contribution in [1.82, 2.24) is 10.2 Å². The van der Waals surface area contributed by atoms with Crippen LogP contribution < -0.4 is 14.8 Å². The molecule has 2 aromatic carbocycles. The van der Waals surface area contributed by atoms with Gasteiger partial charge in [-0.3, -0.25) is 9.59 Å². The van der Waals surface area contributed by atoms with Crippen molar-refractivity contribution in [3.05, 3.63) is 57.6 Å². The molecule has 168 valence electrons. The largest absolute Gasteiger partial charge is 0.493 e. The van der Waals surface area contributed by atoms with E-state index >= 15 is 0 Å². The molecule has 0 fully saturated rings. The van der Waals surface area contributed by atoms with Crippen LogP contribution in [0.25, 0.3) is 0 Å². The molecule has 0 saturated carbocycles. The number of rotatable bonds is 10. The Balaban J connectivity index is 2.24. The highest BCUT2D eigenvalue weighted by atomic mass is 35.5. The second kappa shape index (κ2) is 11.8. The van der Waals surface area contributed by atoms with Gasteiger partial charge in [0.1, 0.15) is 6.04 Å². The number of nitrogens with zero attached hydrogens (tertiary/aromatic N) is 1. The number of halogens is 2. The van der Waals surface area contributed by atoms with Crippen molar-refractivity contribution in [3.63, 3.8) is 0 Å². The number of carbonyl (C=O) groups is 2. The van der Waals surface area contributed by atoms with Crippen molar-refractivity contribution in [2.45, 2.75) is 38.8 Å². The highest BCUT2D eigenvalue weighted by Gasteiger charge is 2.28. The molecular weight excluding hydrogens is 439 g/mol. The lowest BCUT2D eigenvalue weighted by Crippen LogP contribution is -2.48. The molecule has 0 spiro atoms. The molecule has 1 atom stereocenters. The topological polar surface area (TPSA) is 67.9 Å². The minimum absolute atomic E-state index is 0.142. The number of carbonyl (C=O) groups excluding carboxylic acids is 2. The number of ether oxygens (including phenoxy) is 2. The molecule has 2 amide bonds. The second-order valence-electron chi connectivity index (χ2n) is 6.99. The number of aryl methyl sites for hydroxylation is 1. The Morgan fingerprint density at radius 2 is 1.77 bits per heavy atom. The van der Waals surface area contributed by atoms with Crippen LogP contribution in [0, 0.1) is 0 Å². The van der Waals surface area contributed by atoms with Crippen LogP contribution in [0.4, 0.5) is 0 Å². The zero-order chi connectivity index (χ0) is 23.0. The SMILES string of the molecule is CCC(C(=O)NC)N(Cc1ccc(Cl)cc1Cl)C(=O)CCc1ccc(OC)c(OC)c1. The zero-order valence-electron chi connectivity index (χ0n) is 18.2. The van der Waals surface area contributed by atoms with Gasteiger partial charge in [0.2, 0.25) is 11.8 Å². The Hall–Kier alpha value is -2.44. The fraction of sp³-hybridized carbons (Fsp3) is 0.391. The first-order valence-electron chi connectivity index (χ1n) is 10.00. The Bertz CT molecular complexity index is 920. The fourth-order valence-electron chi connectivity index (χ4n) is 3.35. The normalized spacial score (nSPS) is 11.5. The van der Waals surface area contributed by atoms with Crippen molar-refractivity contribution in [3.8, 4) is 11.5 Å². The maximum atomic E-state index is 13.2. The van der Waals surface area contributed by atoms with E-state index < -0.39 is 6.04 Å². The van der Waals surface area contributed by atoms with E-state index in [-0.39, 0.29) is 24.8 Å². The molecule has 1 unspecified atom stereocenters. The number of hydrogen-bond donors (Lipinski definition) is 1. The number of hydrogen-bond acceptors (Lipinski definition) is 4. The van der Waals surface area contributed by atoms with E-state index in [1.54, 1.807) is 44.4 Å². The molecule has 8 heteroatoms. The predicted octanol–water partition coefficient (Wildman–Crippen LogP) is 4.50. The Morgan fingerprint density at radius 1 is 1.06 bits per heavy atom. The number of nitrogens with one attached hydrogen (secondary N) is 1. The molecule has 0 saturated heterocycles. The summed E-state index contributed by atoms with van der Waals surface area (Å²) >= 11 is 12.3. The van der Waals surface area contributed by atoms with Gasteiger partial charge in [-0.2, -0.15) is 0 Å². The second-order valence-corrected chi connectivity index (χ2v) is 7.83. The quantitative estimate of drug-likeness (QED) is 0.559. The van der Waals surface area contributed by atoms with Crippen molar-refractivity contribution < 1.29 is 19.1 Å². The summed E-state index contributed by atoms with van der Waals surface area (Å²) in [6.45, 7) is 2.09. The van der Waals surface area contributed by atoms with Gasteiger partial charge in [-0.15, -0.1) is 0 Å². The highest BCUT2D eigenvalue weighted by molar-refractivity contribution is 6.35. The van der Waals surface area contributed by atoms with Gasteiger partial charge in [-0.05, 0) is 48.2 Å². The minimum Gasteiger partial charge on any atom is -0.493 e. The monoisotopic (exact) mass is 466 g/mol. The molecule has 2 rings (SSSR count). The van der Waals surface area contributed by atoms with Gasteiger partial charge in [0.25, 0.3) is 0 Å². The van der Waals surface area contributed by atoms with Crippen molar-refractivity contribution in [1.29, 1.82) is 0 Å². The van der Waals surface area contributed by atoms with Crippen LogP contribution in [-0.2, 0) is 22.6 Å². The smallest absolute Gasteiger partial charge is 0.242 e. The molecule has 0 heterocycles. The molecule has 0 aliphatic rings. The van der Waals surface area contributed by atoms with Gasteiger partial charge >= 0.3 is 0 Å². The summed E-state index contributed by atoms with van der Waals surface area (Å²) in [6, 6.07) is 10.1. The number of benzene rings is 2. The molecule has 6 nitrogen and oxygen atoms in total. The Labute approximate surface area is 193 Å². The number of amides is 2. The van der Waals surface area contributed by atoms with E-state index in [9.17, 15) is 9.59 Å². The third kappa shape index (κ3) is 6.52. The van der Waals surface area contributed by atoms with Crippen LogP contribution in [0.3, 0.4) is 0 Å². The Morgan fingerprint density at radius 3 is 2.35 bits per heavy atom. The van der Waals surface area contributed by atoms with Gasteiger partial charge in [0.05, 0.1) is 14.2 Å². The van der Waals surface area contributed by atoms with E-state index in [1.165, 1.54) is 0 Å². The lowest BCUT2D eigenvalue weighted by Gasteiger charge is -2.30. The summed E-state index contributed by atoms with van der Waals surface area (Å²) in [4.78, 5) is 27.3. The molecule has 1 N–H and O–H groups in total. The lowest BCUT2D eigenvalue weighted by atomic mass is 10.1. The van der Waals surface area contributed by atoms with Gasteiger partial charge in [0, 0.05) is 30.1 Å². The van der Waals surface area contributed by atoms with Gasteiger partial charge < -0.3 is 19.7 Å². The average Bonchev–Trinajstić information content (AvgIpc) is 2.78. The number of likely N-dealkylation sites (N-methyl/N-ethyl adjacent to an activating group) is 1. The van der Waals surface area contributed by atoms with Gasteiger partial charge in [-0.1, -0.05) is 42.3 Å². The highest BCUT2D eigenvalue weighted by Crippen LogP contribution is 2.28. The summed E-state index contributed by atoms with van der Waals surface area (Å²) in [5, 5.41) is 3.61. The van der Waals surface area contributed by atoms with E-state index in [0.717, 1.165) is 11.1 Å². The first-order valence-corrected chi connectivity index (χ1v) is 10.8. The van der Waals surface area contributed by atoms with Crippen LogP contribution in [0.2, 0.25) is 10.0 Å². The predicted molar refractivity (Wildman–Crippen MR) is 123 cm³/mol. The maximum Gasteiger partial charge on any atom is 0.242 e. The van der Waals surface area contributed by atoms with Crippen molar-refractivity contribution >= 4 is 35.0 Å². The number of methoxy groups -OCH3 is 2. The van der Waals surface area contributed by atoms with E-state index in [0.29, 0.717) is 34.4 Å². The minimum atomic E-state index is -0.602. The first-order chi connectivity index (χ1) is 14.8. The van der Waals surface area contributed by atoms with Crippen LogP contribution in [-0.4, -0.2) is 44.0 Å². The summed E-state index contributed by atoms with van der Waals surface area (Å²) < 4.78 is 10.6. The third-order valence-electron chi connectivity index (χ3n) is 5.06. The Kier molecular flexibility index (Phi) is 9.46. The molecule has 0 bridgehead atoms. The standard InChI is InChI=1S/C23H28Cl2N2O4/c1-5-19(23(29)26-2)27(14-16-8-9-17(24)13-18(16)25)22(28)11-7-15-6-10-20(30-3)21(12-15)31-4/h6,8-10,12-13,19H,5,7,11,14H2,1-4H3,(H,26,29). The first kappa shape index (κ1) is 24.8. The third-order valence-corrected chi connectivity index (χ3v) is 5.65. The fourth-order valence-corrected chi connectivity index (χ4v) is 3.82. The summed E-state index contributed by atoms with van der Waals surface area (Å²) in [6.07, 6.45) is 1.20. The van der Waals surface area contributed by atoms with E-state index in [2.05, 4.69) is 5.32 Å². The summed E-state index contributed by atoms with van der Waals surface area (Å²) in [7, 11) is 4.70. The van der Waals surface area contributed by atoms with Gasteiger partial charge in [0.15, 0.2) is 11.5 Å². The summed E-state index contributed by atoms with van der Waals surface area (Å²) in [5.74, 6) is 0.875. The van der Waals surface area contributed by atoms with Crippen LogP contribution in [0.5, 0.6) is 11.5 Å².